The van der Waals surface area contributed by atoms with E-state index in [1.54, 1.807) is 12.1 Å². The normalized spacial score (nSPS) is 14.5. The number of fused-ring (bicyclic) bond motifs is 2. The minimum Gasteiger partial charge on any atom is -0.504 e. The van der Waals surface area contributed by atoms with Gasteiger partial charge in [-0.25, -0.2) is 0 Å². The molecule has 0 fully saturated rings. The summed E-state index contributed by atoms with van der Waals surface area (Å²) in [6, 6.07) is 20.8. The van der Waals surface area contributed by atoms with Crippen molar-refractivity contribution in [1.82, 2.24) is 0 Å². The fraction of sp³-hybridized carbons (Fsp3) is 0.100. The summed E-state index contributed by atoms with van der Waals surface area (Å²) in [5, 5.41) is 20.5. The molecule has 3 aromatic rings. The molecule has 4 rings (SSSR count). The minimum absolute atomic E-state index is 0.0681. The molecule has 3 nitrogen and oxygen atoms in total. The lowest BCUT2D eigenvalue weighted by molar-refractivity contribution is 0.357. The summed E-state index contributed by atoms with van der Waals surface area (Å²) in [5.74, 6) is 0.929. The van der Waals surface area contributed by atoms with Crippen LogP contribution in [-0.2, 0) is 5.41 Å². The smallest absolute Gasteiger partial charge is 0.173 e. The van der Waals surface area contributed by atoms with E-state index in [0.29, 0.717) is 11.5 Å². The molecule has 3 heteroatoms. The summed E-state index contributed by atoms with van der Waals surface area (Å²) in [6.45, 7) is 2.08. The van der Waals surface area contributed by atoms with Crippen molar-refractivity contribution >= 4 is 0 Å². The zero-order valence-electron chi connectivity index (χ0n) is 12.7. The number of hydrogen-bond donors (Lipinski definition) is 2. The molecule has 1 aliphatic rings. The van der Waals surface area contributed by atoms with Gasteiger partial charge >= 0.3 is 0 Å². The molecule has 3 aromatic carbocycles. The number of benzene rings is 3. The second-order valence-electron chi connectivity index (χ2n) is 5.90. The first-order valence-corrected chi connectivity index (χ1v) is 7.50. The van der Waals surface area contributed by atoms with Crippen LogP contribution < -0.4 is 4.74 Å². The third-order valence-electron chi connectivity index (χ3n) is 4.62. The van der Waals surface area contributed by atoms with Crippen LogP contribution in [-0.4, -0.2) is 10.2 Å². The van der Waals surface area contributed by atoms with Crippen molar-refractivity contribution < 1.29 is 14.9 Å². The van der Waals surface area contributed by atoms with Crippen molar-refractivity contribution in [3.63, 3.8) is 0 Å². The van der Waals surface area contributed by atoms with Gasteiger partial charge in [-0.1, -0.05) is 54.6 Å². The largest absolute Gasteiger partial charge is 0.504 e. The van der Waals surface area contributed by atoms with Gasteiger partial charge in [-0.15, -0.1) is 0 Å². The second kappa shape index (κ2) is 4.78. The first kappa shape index (κ1) is 13.7. The molecule has 2 N–H and O–H groups in total. The molecule has 0 bridgehead atoms. The van der Waals surface area contributed by atoms with Crippen LogP contribution in [0.2, 0.25) is 0 Å². The number of aromatic hydroxyl groups is 2. The highest BCUT2D eigenvalue weighted by Crippen LogP contribution is 2.55. The van der Waals surface area contributed by atoms with Crippen LogP contribution in [0.1, 0.15) is 23.6 Å². The van der Waals surface area contributed by atoms with Gasteiger partial charge in [0.25, 0.3) is 0 Å². The van der Waals surface area contributed by atoms with Crippen molar-refractivity contribution in [3.05, 3.63) is 83.4 Å². The molecular formula is C20H16O3. The maximum atomic E-state index is 10.2. The van der Waals surface area contributed by atoms with Crippen molar-refractivity contribution in [3.8, 4) is 23.0 Å². The molecule has 1 aliphatic heterocycles. The number of phenols is 2. The maximum Gasteiger partial charge on any atom is 0.173 e. The van der Waals surface area contributed by atoms with Gasteiger partial charge < -0.3 is 14.9 Å². The van der Waals surface area contributed by atoms with E-state index < -0.39 is 5.41 Å². The molecule has 0 aliphatic carbocycles. The molecule has 0 saturated heterocycles. The molecule has 0 spiro atoms. The second-order valence-corrected chi connectivity index (χ2v) is 5.90. The van der Waals surface area contributed by atoms with Crippen LogP contribution in [0.3, 0.4) is 0 Å². The van der Waals surface area contributed by atoms with E-state index in [9.17, 15) is 10.2 Å². The number of phenolic OH excluding ortho intramolecular Hbond substituents is 2. The summed E-state index contributed by atoms with van der Waals surface area (Å²) in [5.41, 5.74) is 2.30. The molecule has 0 unspecified atom stereocenters. The monoisotopic (exact) mass is 304 g/mol. The zero-order chi connectivity index (χ0) is 16.0. The van der Waals surface area contributed by atoms with E-state index in [2.05, 4.69) is 6.92 Å². The Morgan fingerprint density at radius 2 is 1.22 bits per heavy atom. The predicted octanol–water partition coefficient (Wildman–Crippen LogP) is 4.56. The lowest BCUT2D eigenvalue weighted by Crippen LogP contribution is -2.29. The highest BCUT2D eigenvalue weighted by Gasteiger charge is 2.41. The van der Waals surface area contributed by atoms with E-state index in [0.717, 1.165) is 16.7 Å². The van der Waals surface area contributed by atoms with E-state index in [1.807, 2.05) is 54.6 Å². The average molecular weight is 304 g/mol. The van der Waals surface area contributed by atoms with Gasteiger partial charge in [0.1, 0.15) is 0 Å². The lowest BCUT2D eigenvalue weighted by Gasteiger charge is -2.38. The van der Waals surface area contributed by atoms with Crippen LogP contribution in [0.15, 0.2) is 66.7 Å². The third-order valence-corrected chi connectivity index (χ3v) is 4.62. The maximum absolute atomic E-state index is 10.2. The Labute approximate surface area is 134 Å². The predicted molar refractivity (Wildman–Crippen MR) is 88.3 cm³/mol. The Balaban J connectivity index is 2.11. The van der Waals surface area contributed by atoms with Gasteiger partial charge in [0.2, 0.25) is 0 Å². The van der Waals surface area contributed by atoms with Gasteiger partial charge in [-0.05, 0) is 24.6 Å². The van der Waals surface area contributed by atoms with E-state index >= 15 is 0 Å². The van der Waals surface area contributed by atoms with Crippen molar-refractivity contribution in [2.75, 3.05) is 0 Å². The SMILES string of the molecule is CC1(c2ccccc2)c2cccc(O)c2Oc2c(O)cccc21. The van der Waals surface area contributed by atoms with Gasteiger partial charge in [-0.2, -0.15) is 0 Å². The van der Waals surface area contributed by atoms with Crippen LogP contribution in [0, 0.1) is 0 Å². The quantitative estimate of drug-likeness (QED) is 0.693. The standard InChI is InChI=1S/C20H16O3/c1-20(13-7-3-2-4-8-13)14-9-5-11-16(21)18(14)23-19-15(20)10-6-12-17(19)22/h2-12,21-22H,1H3. The number of ether oxygens (including phenoxy) is 1. The summed E-state index contributed by atoms with van der Waals surface area (Å²) in [6.07, 6.45) is 0. The Morgan fingerprint density at radius 3 is 1.74 bits per heavy atom. The van der Waals surface area contributed by atoms with Crippen LogP contribution in [0.4, 0.5) is 0 Å². The summed E-state index contributed by atoms with van der Waals surface area (Å²) in [7, 11) is 0. The highest BCUT2D eigenvalue weighted by atomic mass is 16.5. The van der Waals surface area contributed by atoms with Gasteiger partial charge in [0.05, 0.1) is 0 Å². The Hall–Kier alpha value is -2.94. The molecule has 0 aromatic heterocycles. The van der Waals surface area contributed by atoms with Crippen molar-refractivity contribution in [2.45, 2.75) is 12.3 Å². The molecular weight excluding hydrogens is 288 g/mol. The van der Waals surface area contributed by atoms with Crippen LogP contribution in [0.25, 0.3) is 0 Å². The fourth-order valence-electron chi connectivity index (χ4n) is 3.38. The first-order chi connectivity index (χ1) is 11.1. The zero-order valence-corrected chi connectivity index (χ0v) is 12.7. The summed E-state index contributed by atoms with van der Waals surface area (Å²) >= 11 is 0. The summed E-state index contributed by atoms with van der Waals surface area (Å²) in [4.78, 5) is 0. The Bertz CT molecular complexity index is 833. The molecule has 0 amide bonds. The van der Waals surface area contributed by atoms with Crippen LogP contribution in [0.5, 0.6) is 23.0 Å². The fourth-order valence-corrected chi connectivity index (χ4v) is 3.38. The molecule has 0 radical (unpaired) electrons. The van der Waals surface area contributed by atoms with Crippen molar-refractivity contribution in [1.29, 1.82) is 0 Å². The van der Waals surface area contributed by atoms with Gasteiger partial charge in [0.15, 0.2) is 23.0 Å². The van der Waals surface area contributed by atoms with Gasteiger partial charge in [-0.3, -0.25) is 0 Å². The third kappa shape index (κ3) is 1.83. The van der Waals surface area contributed by atoms with Crippen molar-refractivity contribution in [2.24, 2.45) is 0 Å². The topological polar surface area (TPSA) is 49.7 Å². The molecule has 0 atom stereocenters. The first-order valence-electron chi connectivity index (χ1n) is 7.50. The van der Waals surface area contributed by atoms with E-state index in [-0.39, 0.29) is 11.5 Å². The lowest BCUT2D eigenvalue weighted by atomic mass is 9.69. The number of hydrogen-bond acceptors (Lipinski definition) is 3. The minimum atomic E-state index is -0.526. The van der Waals surface area contributed by atoms with Gasteiger partial charge in [0, 0.05) is 16.5 Å². The summed E-state index contributed by atoms with van der Waals surface area (Å²) < 4.78 is 5.86. The number of para-hydroxylation sites is 2. The number of rotatable bonds is 1. The molecule has 1 heterocycles. The highest BCUT2D eigenvalue weighted by molar-refractivity contribution is 5.68. The Kier molecular flexibility index (Phi) is 2.85. The molecule has 114 valence electrons. The average Bonchev–Trinajstić information content (AvgIpc) is 2.58. The molecule has 23 heavy (non-hydrogen) atoms. The van der Waals surface area contributed by atoms with Crippen LogP contribution >= 0.6 is 0 Å². The van der Waals surface area contributed by atoms with E-state index in [1.165, 1.54) is 0 Å². The molecule has 0 saturated carbocycles. The Morgan fingerprint density at radius 1 is 0.696 bits per heavy atom. The van der Waals surface area contributed by atoms with E-state index in [4.69, 9.17) is 4.74 Å².